The van der Waals surface area contributed by atoms with Crippen LogP contribution in [0.5, 0.6) is 0 Å². The lowest BCUT2D eigenvalue weighted by molar-refractivity contribution is 0.0700. The molecule has 0 bridgehead atoms. The van der Waals surface area contributed by atoms with Crippen molar-refractivity contribution in [2.24, 2.45) is 0 Å². The van der Waals surface area contributed by atoms with E-state index in [-0.39, 0.29) is 18.2 Å². The van der Waals surface area contributed by atoms with Crippen LogP contribution in [0.1, 0.15) is 34.5 Å². The Hall–Kier alpha value is -2.28. The van der Waals surface area contributed by atoms with Crippen LogP contribution in [0, 0.1) is 12.7 Å². The van der Waals surface area contributed by atoms with Crippen LogP contribution in [0.25, 0.3) is 0 Å². The molecular formula is C14H14FN3O3. The standard InChI is InChI=1S/C14H14FN3O3/c1-8-16-13(17-21-8)14(20)18-7-11(19)6-12(18)9-3-2-4-10(15)5-9/h2-5,11-12,19H,6-7H2,1H3/t11-,12+/m0/s1. The van der Waals surface area contributed by atoms with Gasteiger partial charge in [0, 0.05) is 13.5 Å². The number of aryl methyl sites for hydroxylation is 1. The molecule has 0 aliphatic carbocycles. The molecule has 1 aromatic heterocycles. The number of aromatic nitrogens is 2. The minimum absolute atomic E-state index is 0.0528. The number of amides is 1. The highest BCUT2D eigenvalue weighted by molar-refractivity contribution is 5.90. The number of rotatable bonds is 2. The van der Waals surface area contributed by atoms with Crippen LogP contribution in [-0.2, 0) is 0 Å². The summed E-state index contributed by atoms with van der Waals surface area (Å²) in [6.07, 6.45) is -0.304. The highest BCUT2D eigenvalue weighted by Gasteiger charge is 2.37. The fraction of sp³-hybridized carbons (Fsp3) is 0.357. The van der Waals surface area contributed by atoms with Gasteiger partial charge in [-0.1, -0.05) is 17.3 Å². The van der Waals surface area contributed by atoms with E-state index in [1.165, 1.54) is 17.0 Å². The van der Waals surface area contributed by atoms with E-state index in [1.54, 1.807) is 19.1 Å². The summed E-state index contributed by atoms with van der Waals surface area (Å²) in [4.78, 5) is 17.8. The Balaban J connectivity index is 1.91. The molecule has 1 aliphatic heterocycles. The van der Waals surface area contributed by atoms with Gasteiger partial charge in [-0.2, -0.15) is 4.98 Å². The number of aliphatic hydroxyl groups excluding tert-OH is 1. The molecule has 21 heavy (non-hydrogen) atoms. The summed E-state index contributed by atoms with van der Waals surface area (Å²) in [5.74, 6) is -0.572. The molecule has 0 radical (unpaired) electrons. The van der Waals surface area contributed by atoms with Crippen molar-refractivity contribution < 1.29 is 18.8 Å². The number of carbonyl (C=O) groups excluding carboxylic acids is 1. The number of hydrogen-bond acceptors (Lipinski definition) is 5. The molecule has 1 saturated heterocycles. The topological polar surface area (TPSA) is 79.5 Å². The summed E-state index contributed by atoms with van der Waals surface area (Å²) in [7, 11) is 0. The zero-order valence-electron chi connectivity index (χ0n) is 11.4. The van der Waals surface area contributed by atoms with Crippen molar-refractivity contribution in [3.05, 3.63) is 47.4 Å². The Morgan fingerprint density at radius 2 is 2.33 bits per heavy atom. The summed E-state index contributed by atoms with van der Waals surface area (Å²) >= 11 is 0. The van der Waals surface area contributed by atoms with Crippen molar-refractivity contribution in [3.63, 3.8) is 0 Å². The largest absolute Gasteiger partial charge is 0.391 e. The molecule has 1 aliphatic rings. The Morgan fingerprint density at radius 1 is 1.52 bits per heavy atom. The van der Waals surface area contributed by atoms with Crippen LogP contribution in [0.3, 0.4) is 0 Å². The van der Waals surface area contributed by atoms with Crippen molar-refractivity contribution in [1.82, 2.24) is 15.0 Å². The number of carbonyl (C=O) groups is 1. The second kappa shape index (κ2) is 5.25. The molecule has 2 atom stereocenters. The normalized spacial score (nSPS) is 21.8. The lowest BCUT2D eigenvalue weighted by atomic mass is 10.0. The maximum Gasteiger partial charge on any atom is 0.295 e. The van der Waals surface area contributed by atoms with E-state index < -0.39 is 18.1 Å². The third kappa shape index (κ3) is 2.64. The van der Waals surface area contributed by atoms with E-state index in [9.17, 15) is 14.3 Å². The van der Waals surface area contributed by atoms with Crippen LogP contribution in [0.2, 0.25) is 0 Å². The maximum absolute atomic E-state index is 13.4. The van der Waals surface area contributed by atoms with Crippen molar-refractivity contribution in [2.45, 2.75) is 25.5 Å². The van der Waals surface area contributed by atoms with Crippen LogP contribution in [-0.4, -0.2) is 38.7 Å². The fourth-order valence-electron chi connectivity index (χ4n) is 2.58. The smallest absolute Gasteiger partial charge is 0.295 e. The van der Waals surface area contributed by atoms with Crippen LogP contribution in [0.15, 0.2) is 28.8 Å². The van der Waals surface area contributed by atoms with Crippen LogP contribution >= 0.6 is 0 Å². The van der Waals surface area contributed by atoms with Gasteiger partial charge in [-0.05, 0) is 24.1 Å². The van der Waals surface area contributed by atoms with Crippen molar-refractivity contribution in [3.8, 4) is 0 Å². The molecule has 6 nitrogen and oxygen atoms in total. The molecule has 1 aromatic carbocycles. The Bertz CT molecular complexity index is 673. The average Bonchev–Trinajstić information content (AvgIpc) is 3.04. The Morgan fingerprint density at radius 3 is 3.00 bits per heavy atom. The van der Waals surface area contributed by atoms with Gasteiger partial charge in [-0.15, -0.1) is 0 Å². The Kier molecular flexibility index (Phi) is 3.42. The zero-order chi connectivity index (χ0) is 15.0. The zero-order valence-corrected chi connectivity index (χ0v) is 11.4. The van der Waals surface area contributed by atoms with Gasteiger partial charge in [0.2, 0.25) is 5.89 Å². The summed E-state index contributed by atoms with van der Waals surface area (Å²) in [6, 6.07) is 5.61. The molecule has 1 N–H and O–H groups in total. The van der Waals surface area contributed by atoms with E-state index >= 15 is 0 Å². The van der Waals surface area contributed by atoms with Crippen LogP contribution < -0.4 is 0 Å². The highest BCUT2D eigenvalue weighted by atomic mass is 19.1. The molecule has 2 aromatic rings. The molecule has 110 valence electrons. The van der Waals surface area contributed by atoms with Gasteiger partial charge in [0.15, 0.2) is 0 Å². The first-order chi connectivity index (χ1) is 10.0. The summed E-state index contributed by atoms with van der Waals surface area (Å²) in [5, 5.41) is 13.4. The second-order valence-corrected chi connectivity index (χ2v) is 5.05. The van der Waals surface area contributed by atoms with E-state index in [1.807, 2.05) is 0 Å². The molecule has 1 fully saturated rings. The number of benzene rings is 1. The quantitative estimate of drug-likeness (QED) is 0.906. The number of β-amino-alcohol motifs (C(OH)–C–C–N with tert-alkyl or cyclic N) is 1. The first kappa shape index (κ1) is 13.7. The lowest BCUT2D eigenvalue weighted by Gasteiger charge is -2.23. The Labute approximate surface area is 120 Å². The maximum atomic E-state index is 13.4. The van der Waals surface area contributed by atoms with E-state index in [4.69, 9.17) is 4.52 Å². The number of hydrogen-bond donors (Lipinski definition) is 1. The first-order valence-corrected chi connectivity index (χ1v) is 6.59. The minimum atomic E-state index is -0.657. The number of halogens is 1. The van der Waals surface area contributed by atoms with Crippen molar-refractivity contribution in [2.75, 3.05) is 6.54 Å². The van der Waals surface area contributed by atoms with Gasteiger partial charge in [0.1, 0.15) is 5.82 Å². The van der Waals surface area contributed by atoms with Gasteiger partial charge in [0.05, 0.1) is 12.1 Å². The SMILES string of the molecule is Cc1nc(C(=O)N2C[C@@H](O)C[C@@H]2c2cccc(F)c2)no1. The molecule has 2 heterocycles. The van der Waals surface area contributed by atoms with Gasteiger partial charge in [-0.25, -0.2) is 4.39 Å². The highest BCUT2D eigenvalue weighted by Crippen LogP contribution is 2.33. The van der Waals surface area contributed by atoms with Gasteiger partial charge in [0.25, 0.3) is 11.7 Å². The number of aliphatic hydroxyl groups is 1. The van der Waals surface area contributed by atoms with Gasteiger partial charge >= 0.3 is 0 Å². The third-order valence-corrected chi connectivity index (χ3v) is 3.49. The van der Waals surface area contributed by atoms with E-state index in [0.717, 1.165) is 0 Å². The molecular weight excluding hydrogens is 277 g/mol. The molecule has 0 spiro atoms. The minimum Gasteiger partial charge on any atom is -0.391 e. The third-order valence-electron chi connectivity index (χ3n) is 3.49. The van der Waals surface area contributed by atoms with Crippen molar-refractivity contribution >= 4 is 5.91 Å². The number of nitrogens with zero attached hydrogens (tertiary/aromatic N) is 3. The van der Waals surface area contributed by atoms with Crippen LogP contribution in [0.4, 0.5) is 4.39 Å². The summed E-state index contributed by atoms with van der Waals surface area (Å²) in [6.45, 7) is 1.75. The van der Waals surface area contributed by atoms with Gasteiger partial charge in [-0.3, -0.25) is 4.79 Å². The molecule has 0 saturated carbocycles. The molecule has 0 unspecified atom stereocenters. The predicted molar refractivity (Wildman–Crippen MR) is 69.8 cm³/mol. The van der Waals surface area contributed by atoms with E-state index in [0.29, 0.717) is 17.9 Å². The fourth-order valence-corrected chi connectivity index (χ4v) is 2.58. The molecule has 1 amide bonds. The molecule has 3 rings (SSSR count). The predicted octanol–water partition coefficient (Wildman–Crippen LogP) is 1.47. The van der Waals surface area contributed by atoms with Gasteiger partial charge < -0.3 is 14.5 Å². The lowest BCUT2D eigenvalue weighted by Crippen LogP contribution is -2.32. The summed E-state index contributed by atoms with van der Waals surface area (Å²) < 4.78 is 18.2. The average molecular weight is 291 g/mol. The van der Waals surface area contributed by atoms with Crippen molar-refractivity contribution in [1.29, 1.82) is 0 Å². The number of likely N-dealkylation sites (tertiary alicyclic amines) is 1. The summed E-state index contributed by atoms with van der Waals surface area (Å²) in [5.41, 5.74) is 0.639. The molecule has 7 heteroatoms. The van der Waals surface area contributed by atoms with E-state index in [2.05, 4.69) is 10.1 Å². The first-order valence-electron chi connectivity index (χ1n) is 6.59. The second-order valence-electron chi connectivity index (χ2n) is 5.05. The monoisotopic (exact) mass is 291 g/mol.